The van der Waals surface area contributed by atoms with Gasteiger partial charge >= 0.3 is 0 Å². The summed E-state index contributed by atoms with van der Waals surface area (Å²) < 4.78 is 1.01. The fourth-order valence-electron chi connectivity index (χ4n) is 2.73. The molecule has 24 heavy (non-hydrogen) atoms. The number of benzene rings is 1. The van der Waals surface area contributed by atoms with E-state index >= 15 is 0 Å². The maximum atomic E-state index is 12.4. The number of nitrogens with zero attached hydrogens (tertiary/aromatic N) is 4. The number of carbonyl (C=O) groups is 1. The quantitative estimate of drug-likeness (QED) is 0.815. The van der Waals surface area contributed by atoms with Gasteiger partial charge in [-0.25, -0.2) is 4.98 Å². The molecule has 0 bridgehead atoms. The van der Waals surface area contributed by atoms with Crippen LogP contribution >= 0.6 is 15.9 Å². The van der Waals surface area contributed by atoms with E-state index in [2.05, 4.69) is 31.9 Å². The molecule has 2 heterocycles. The summed E-state index contributed by atoms with van der Waals surface area (Å²) in [4.78, 5) is 20.8. The van der Waals surface area contributed by atoms with Gasteiger partial charge in [0, 0.05) is 36.8 Å². The number of halogens is 1. The Kier molecular flexibility index (Phi) is 5.11. The van der Waals surface area contributed by atoms with Crippen molar-refractivity contribution in [1.82, 2.24) is 9.88 Å². The van der Waals surface area contributed by atoms with Crippen molar-refractivity contribution < 1.29 is 4.79 Å². The number of nitriles is 1. The van der Waals surface area contributed by atoms with Crippen LogP contribution in [0.1, 0.15) is 11.1 Å². The largest absolute Gasteiger partial charge is 0.353 e. The Bertz CT molecular complexity index is 761. The second kappa shape index (κ2) is 7.45. The molecule has 1 amide bonds. The third kappa shape index (κ3) is 3.92. The van der Waals surface area contributed by atoms with Crippen LogP contribution in [-0.2, 0) is 11.2 Å². The van der Waals surface area contributed by atoms with Gasteiger partial charge in [0.1, 0.15) is 5.82 Å². The summed E-state index contributed by atoms with van der Waals surface area (Å²) in [5, 5.41) is 8.98. The Morgan fingerprint density at radius 1 is 1.17 bits per heavy atom. The number of hydrogen-bond donors (Lipinski definition) is 0. The molecule has 0 aliphatic carbocycles. The van der Waals surface area contributed by atoms with E-state index in [4.69, 9.17) is 5.26 Å². The zero-order chi connectivity index (χ0) is 16.9. The zero-order valence-corrected chi connectivity index (χ0v) is 14.7. The van der Waals surface area contributed by atoms with Crippen LogP contribution in [0.15, 0.2) is 47.1 Å². The number of piperazine rings is 1. The van der Waals surface area contributed by atoms with Gasteiger partial charge < -0.3 is 9.80 Å². The lowest BCUT2D eigenvalue weighted by molar-refractivity contribution is -0.130. The molecule has 0 spiro atoms. The SMILES string of the molecule is N#Cc1ccnc(N2CCN(C(=O)Cc3ccc(Br)cc3)CC2)c1. The smallest absolute Gasteiger partial charge is 0.227 e. The molecule has 0 atom stereocenters. The minimum absolute atomic E-state index is 0.149. The molecule has 122 valence electrons. The molecule has 3 rings (SSSR count). The minimum atomic E-state index is 0.149. The number of aromatic nitrogens is 1. The summed E-state index contributed by atoms with van der Waals surface area (Å²) in [6, 6.07) is 13.5. The van der Waals surface area contributed by atoms with Gasteiger partial charge in [-0.05, 0) is 29.8 Å². The van der Waals surface area contributed by atoms with Gasteiger partial charge in [0.05, 0.1) is 18.1 Å². The monoisotopic (exact) mass is 384 g/mol. The summed E-state index contributed by atoms with van der Waals surface area (Å²) in [6.07, 6.45) is 2.08. The molecule has 1 aliphatic rings. The lowest BCUT2D eigenvalue weighted by Gasteiger charge is -2.35. The van der Waals surface area contributed by atoms with Crippen molar-refractivity contribution in [1.29, 1.82) is 5.26 Å². The summed E-state index contributed by atoms with van der Waals surface area (Å²) in [5.41, 5.74) is 1.63. The first kappa shape index (κ1) is 16.5. The van der Waals surface area contributed by atoms with Gasteiger partial charge in [0.25, 0.3) is 0 Å². The van der Waals surface area contributed by atoms with E-state index in [9.17, 15) is 4.79 Å². The van der Waals surface area contributed by atoms with Crippen LogP contribution in [0.4, 0.5) is 5.82 Å². The topological polar surface area (TPSA) is 60.2 Å². The number of pyridine rings is 1. The van der Waals surface area contributed by atoms with Gasteiger partial charge in [-0.3, -0.25) is 4.79 Å². The first-order valence-corrected chi connectivity index (χ1v) is 8.58. The number of amides is 1. The van der Waals surface area contributed by atoms with Crippen molar-refractivity contribution in [2.45, 2.75) is 6.42 Å². The minimum Gasteiger partial charge on any atom is -0.353 e. The molecular weight excluding hydrogens is 368 g/mol. The van der Waals surface area contributed by atoms with Crippen LogP contribution in [0.2, 0.25) is 0 Å². The third-order valence-corrected chi connectivity index (χ3v) is 4.63. The predicted molar refractivity (Wildman–Crippen MR) is 95.6 cm³/mol. The molecule has 1 saturated heterocycles. The van der Waals surface area contributed by atoms with E-state index in [1.54, 1.807) is 18.3 Å². The standard InChI is InChI=1S/C18H17BrN4O/c19-16-3-1-14(2-4-16)12-18(24)23-9-7-22(8-10-23)17-11-15(13-20)5-6-21-17/h1-6,11H,7-10,12H2. The summed E-state index contributed by atoms with van der Waals surface area (Å²) in [7, 11) is 0. The second-order valence-electron chi connectivity index (χ2n) is 5.69. The molecule has 6 heteroatoms. The maximum Gasteiger partial charge on any atom is 0.227 e. The van der Waals surface area contributed by atoms with Crippen LogP contribution in [0.25, 0.3) is 0 Å². The Balaban J connectivity index is 1.57. The van der Waals surface area contributed by atoms with Gasteiger partial charge in [0.15, 0.2) is 0 Å². The molecule has 2 aromatic rings. The fraction of sp³-hybridized carbons (Fsp3) is 0.278. The summed E-state index contributed by atoms with van der Waals surface area (Å²) in [6.45, 7) is 2.81. The lowest BCUT2D eigenvalue weighted by Crippen LogP contribution is -2.49. The van der Waals surface area contributed by atoms with E-state index < -0.39 is 0 Å². The molecule has 0 radical (unpaired) electrons. The van der Waals surface area contributed by atoms with Crippen molar-refractivity contribution in [3.63, 3.8) is 0 Å². The van der Waals surface area contributed by atoms with Crippen molar-refractivity contribution in [3.05, 3.63) is 58.2 Å². The van der Waals surface area contributed by atoms with Crippen LogP contribution in [0.3, 0.4) is 0 Å². The van der Waals surface area contributed by atoms with Crippen molar-refractivity contribution >= 4 is 27.7 Å². The molecule has 0 unspecified atom stereocenters. The van der Waals surface area contributed by atoms with E-state index in [0.717, 1.165) is 28.9 Å². The summed E-state index contributed by atoms with van der Waals surface area (Å²) in [5.74, 6) is 0.949. The van der Waals surface area contributed by atoms with Gasteiger partial charge in [-0.15, -0.1) is 0 Å². The van der Waals surface area contributed by atoms with Crippen LogP contribution in [0.5, 0.6) is 0 Å². The van der Waals surface area contributed by atoms with Crippen molar-refractivity contribution in [2.24, 2.45) is 0 Å². The lowest BCUT2D eigenvalue weighted by atomic mass is 10.1. The molecule has 0 N–H and O–H groups in total. The van der Waals surface area contributed by atoms with Crippen molar-refractivity contribution in [2.75, 3.05) is 31.1 Å². The van der Waals surface area contributed by atoms with Gasteiger partial charge in [-0.1, -0.05) is 28.1 Å². The fourth-order valence-corrected chi connectivity index (χ4v) is 3.00. The predicted octanol–water partition coefficient (Wildman–Crippen LogP) is 2.61. The van der Waals surface area contributed by atoms with Crippen LogP contribution < -0.4 is 4.90 Å². The number of anilines is 1. The van der Waals surface area contributed by atoms with Crippen molar-refractivity contribution in [3.8, 4) is 6.07 Å². The Labute approximate surface area is 149 Å². The van der Waals surface area contributed by atoms with Crippen LogP contribution in [-0.4, -0.2) is 42.0 Å². The van der Waals surface area contributed by atoms with E-state index in [1.807, 2.05) is 29.2 Å². The molecule has 1 fully saturated rings. The average molecular weight is 385 g/mol. The van der Waals surface area contributed by atoms with E-state index in [0.29, 0.717) is 25.1 Å². The zero-order valence-electron chi connectivity index (χ0n) is 13.2. The molecule has 5 nitrogen and oxygen atoms in total. The average Bonchev–Trinajstić information content (AvgIpc) is 2.64. The van der Waals surface area contributed by atoms with E-state index in [-0.39, 0.29) is 5.91 Å². The number of carbonyl (C=O) groups excluding carboxylic acids is 1. The number of hydrogen-bond acceptors (Lipinski definition) is 4. The summed E-state index contributed by atoms with van der Waals surface area (Å²) >= 11 is 3.40. The molecule has 1 aromatic carbocycles. The molecular formula is C18H17BrN4O. The van der Waals surface area contributed by atoms with Gasteiger partial charge in [0.2, 0.25) is 5.91 Å². The highest BCUT2D eigenvalue weighted by Crippen LogP contribution is 2.16. The third-order valence-electron chi connectivity index (χ3n) is 4.10. The Morgan fingerprint density at radius 2 is 1.88 bits per heavy atom. The highest BCUT2D eigenvalue weighted by molar-refractivity contribution is 9.10. The van der Waals surface area contributed by atoms with E-state index in [1.165, 1.54) is 0 Å². The molecule has 1 aromatic heterocycles. The highest BCUT2D eigenvalue weighted by atomic mass is 79.9. The molecule has 0 saturated carbocycles. The Morgan fingerprint density at radius 3 is 2.54 bits per heavy atom. The highest BCUT2D eigenvalue weighted by Gasteiger charge is 2.22. The van der Waals surface area contributed by atoms with Crippen LogP contribution in [0, 0.1) is 11.3 Å². The first-order valence-electron chi connectivity index (χ1n) is 7.79. The molecule has 1 aliphatic heterocycles. The number of rotatable bonds is 3. The Hall–Kier alpha value is -2.39. The van der Waals surface area contributed by atoms with Gasteiger partial charge in [-0.2, -0.15) is 5.26 Å². The maximum absolute atomic E-state index is 12.4. The first-order chi connectivity index (χ1) is 11.7. The normalized spacial score (nSPS) is 14.3. The second-order valence-corrected chi connectivity index (χ2v) is 6.60.